The van der Waals surface area contributed by atoms with Crippen molar-refractivity contribution in [2.45, 2.75) is 33.7 Å². The summed E-state index contributed by atoms with van der Waals surface area (Å²) in [6.45, 7) is 6.41. The Bertz CT molecular complexity index is 1220. The molecule has 0 radical (unpaired) electrons. The lowest BCUT2D eigenvalue weighted by Crippen LogP contribution is -2.14. The first-order valence-electron chi connectivity index (χ1n) is 9.11. The molecule has 148 valence electrons. The van der Waals surface area contributed by atoms with Gasteiger partial charge in [0.15, 0.2) is 0 Å². The summed E-state index contributed by atoms with van der Waals surface area (Å²) < 4.78 is 15.4. The minimum absolute atomic E-state index is 0.345. The topological polar surface area (TPSA) is 85.6 Å². The Labute approximate surface area is 170 Å². The van der Waals surface area contributed by atoms with Gasteiger partial charge in [-0.25, -0.2) is 4.39 Å². The number of nitrogens with one attached hydrogen (secondary N) is 1. The van der Waals surface area contributed by atoms with Gasteiger partial charge in [0.2, 0.25) is 5.13 Å². The number of carbonyl (C=O) groups excluding carboxylic acids is 1. The average molecular weight is 410 g/mol. The third kappa shape index (κ3) is 4.14. The lowest BCUT2D eigenvalue weighted by molar-refractivity contribution is 0.102. The van der Waals surface area contributed by atoms with Crippen molar-refractivity contribution in [2.24, 2.45) is 0 Å². The molecule has 0 aliphatic heterocycles. The molecule has 1 aromatic carbocycles. The maximum Gasteiger partial charge on any atom is 0.259 e. The molecule has 0 spiro atoms. The van der Waals surface area contributed by atoms with Crippen molar-refractivity contribution >= 4 is 33.3 Å². The van der Waals surface area contributed by atoms with Crippen molar-refractivity contribution in [1.82, 2.24) is 25.0 Å². The van der Waals surface area contributed by atoms with Gasteiger partial charge >= 0.3 is 0 Å². The number of rotatable bonds is 5. The van der Waals surface area contributed by atoms with E-state index >= 15 is 0 Å². The maximum absolute atomic E-state index is 13.5. The van der Waals surface area contributed by atoms with E-state index in [0.717, 1.165) is 16.4 Å². The fourth-order valence-electron chi connectivity index (χ4n) is 3.15. The summed E-state index contributed by atoms with van der Waals surface area (Å²) in [7, 11) is 0. The molecule has 9 heteroatoms. The number of benzene rings is 1. The molecule has 0 fully saturated rings. The summed E-state index contributed by atoms with van der Waals surface area (Å²) in [6, 6.07) is 7.97. The van der Waals surface area contributed by atoms with E-state index < -0.39 is 0 Å². The van der Waals surface area contributed by atoms with Crippen molar-refractivity contribution < 1.29 is 9.18 Å². The Hall–Kier alpha value is -3.20. The first-order valence-corrected chi connectivity index (χ1v) is 9.92. The Morgan fingerprint density at radius 3 is 2.76 bits per heavy atom. The molecule has 0 saturated carbocycles. The summed E-state index contributed by atoms with van der Waals surface area (Å²) in [5, 5.41) is 17.2. The quantitative estimate of drug-likeness (QED) is 0.540. The van der Waals surface area contributed by atoms with Crippen LogP contribution in [0.25, 0.3) is 10.9 Å². The van der Waals surface area contributed by atoms with Crippen LogP contribution >= 0.6 is 11.3 Å². The van der Waals surface area contributed by atoms with Crippen LogP contribution in [0.2, 0.25) is 0 Å². The summed E-state index contributed by atoms with van der Waals surface area (Å²) >= 11 is 1.32. The fourth-order valence-corrected chi connectivity index (χ4v) is 3.87. The molecular formula is C20H19FN6OS. The van der Waals surface area contributed by atoms with Gasteiger partial charge in [0.05, 0.1) is 22.5 Å². The van der Waals surface area contributed by atoms with Crippen LogP contribution in [-0.2, 0) is 13.0 Å². The van der Waals surface area contributed by atoms with Gasteiger partial charge in [0.1, 0.15) is 10.8 Å². The van der Waals surface area contributed by atoms with E-state index in [1.807, 2.05) is 24.6 Å². The number of aryl methyl sites for hydroxylation is 5. The Morgan fingerprint density at radius 2 is 2.00 bits per heavy atom. The molecule has 4 aromatic rings. The minimum atomic E-state index is -0.370. The largest absolute Gasteiger partial charge is 0.296 e. The van der Waals surface area contributed by atoms with Crippen LogP contribution in [0, 0.1) is 26.6 Å². The first kappa shape index (κ1) is 19.1. The molecular weight excluding hydrogens is 391 g/mol. The second kappa shape index (κ2) is 7.67. The summed E-state index contributed by atoms with van der Waals surface area (Å²) in [5.41, 5.74) is 3.66. The maximum atomic E-state index is 13.5. The minimum Gasteiger partial charge on any atom is -0.296 e. The number of nitrogens with zero attached hydrogens (tertiary/aromatic N) is 5. The second-order valence-electron chi connectivity index (χ2n) is 6.81. The zero-order chi connectivity index (χ0) is 20.5. The van der Waals surface area contributed by atoms with Crippen LogP contribution in [0.15, 0.2) is 30.3 Å². The summed E-state index contributed by atoms with van der Waals surface area (Å²) in [5.74, 6) is -0.715. The molecule has 4 rings (SSSR count). The molecule has 0 unspecified atom stereocenters. The number of carbonyl (C=O) groups is 1. The van der Waals surface area contributed by atoms with E-state index in [0.29, 0.717) is 40.3 Å². The van der Waals surface area contributed by atoms with Crippen molar-refractivity contribution in [3.63, 3.8) is 0 Å². The van der Waals surface area contributed by atoms with E-state index in [-0.39, 0.29) is 11.7 Å². The summed E-state index contributed by atoms with van der Waals surface area (Å²) in [4.78, 5) is 17.1. The van der Waals surface area contributed by atoms with Gasteiger partial charge in [-0.05, 0) is 51.1 Å². The third-order valence-electron chi connectivity index (χ3n) is 4.54. The van der Waals surface area contributed by atoms with Gasteiger partial charge in [-0.2, -0.15) is 5.10 Å². The van der Waals surface area contributed by atoms with E-state index in [2.05, 4.69) is 25.6 Å². The predicted molar refractivity (Wildman–Crippen MR) is 110 cm³/mol. The number of fused-ring (bicyclic) bond motifs is 1. The lowest BCUT2D eigenvalue weighted by atomic mass is 10.1. The Balaban J connectivity index is 1.47. The molecule has 0 aliphatic rings. The summed E-state index contributed by atoms with van der Waals surface area (Å²) in [6.07, 6.45) is 0.672. The molecule has 0 saturated heterocycles. The molecule has 3 aromatic heterocycles. The van der Waals surface area contributed by atoms with Crippen molar-refractivity contribution in [2.75, 3.05) is 5.32 Å². The zero-order valence-corrected chi connectivity index (χ0v) is 17.0. The lowest BCUT2D eigenvalue weighted by Gasteiger charge is -2.07. The van der Waals surface area contributed by atoms with Crippen molar-refractivity contribution in [3.8, 4) is 0 Å². The van der Waals surface area contributed by atoms with E-state index in [1.165, 1.54) is 23.5 Å². The second-order valence-corrected chi connectivity index (χ2v) is 7.88. The highest BCUT2D eigenvalue weighted by Gasteiger charge is 2.15. The van der Waals surface area contributed by atoms with Gasteiger partial charge in [-0.1, -0.05) is 11.3 Å². The normalized spacial score (nSPS) is 11.2. The number of pyridine rings is 1. The van der Waals surface area contributed by atoms with Crippen LogP contribution in [-0.4, -0.2) is 30.9 Å². The number of halogens is 1. The van der Waals surface area contributed by atoms with Crippen LogP contribution < -0.4 is 5.32 Å². The van der Waals surface area contributed by atoms with E-state index in [9.17, 15) is 9.18 Å². The van der Waals surface area contributed by atoms with Gasteiger partial charge in [0.25, 0.3) is 5.91 Å². The standard InChI is InChI=1S/C20H19FN6OS/c1-11-8-12(2)27(26-11)7-6-18-24-25-20(29-18)23-19(28)16-10-14-9-15(21)4-5-17(14)22-13(16)3/h4-5,8-10H,6-7H2,1-3H3,(H,23,25,28). The van der Waals surface area contributed by atoms with Gasteiger partial charge in [0, 0.05) is 24.0 Å². The smallest absolute Gasteiger partial charge is 0.259 e. The fraction of sp³-hybridized carbons (Fsp3) is 0.250. The monoisotopic (exact) mass is 410 g/mol. The number of hydrogen-bond donors (Lipinski definition) is 1. The molecule has 3 heterocycles. The van der Waals surface area contributed by atoms with Gasteiger partial charge < -0.3 is 0 Å². The van der Waals surface area contributed by atoms with Gasteiger partial charge in [-0.3, -0.25) is 19.8 Å². The Kier molecular flexibility index (Phi) is 5.06. The van der Waals surface area contributed by atoms with Gasteiger partial charge in [-0.15, -0.1) is 10.2 Å². The highest BCUT2D eigenvalue weighted by Crippen LogP contribution is 2.21. The molecule has 0 bridgehead atoms. The van der Waals surface area contributed by atoms with Crippen LogP contribution in [0.4, 0.5) is 9.52 Å². The van der Waals surface area contributed by atoms with Crippen molar-refractivity contribution in [3.05, 3.63) is 63.8 Å². The third-order valence-corrected chi connectivity index (χ3v) is 5.44. The number of anilines is 1. The number of hydrogen-bond acceptors (Lipinski definition) is 6. The Morgan fingerprint density at radius 1 is 1.17 bits per heavy atom. The highest BCUT2D eigenvalue weighted by molar-refractivity contribution is 7.15. The SMILES string of the molecule is Cc1cc(C)n(CCc2nnc(NC(=O)c3cc4cc(F)ccc4nc3C)s2)n1. The number of amides is 1. The molecule has 29 heavy (non-hydrogen) atoms. The van der Waals surface area contributed by atoms with Crippen LogP contribution in [0.3, 0.4) is 0 Å². The zero-order valence-electron chi connectivity index (χ0n) is 16.2. The molecule has 7 nitrogen and oxygen atoms in total. The molecule has 1 amide bonds. The average Bonchev–Trinajstić information content (AvgIpc) is 3.24. The van der Waals surface area contributed by atoms with E-state index in [4.69, 9.17) is 0 Å². The molecule has 0 atom stereocenters. The number of aromatic nitrogens is 5. The molecule has 0 aliphatic carbocycles. The van der Waals surface area contributed by atoms with Crippen LogP contribution in [0.1, 0.15) is 32.4 Å². The van der Waals surface area contributed by atoms with Crippen molar-refractivity contribution in [1.29, 1.82) is 0 Å². The van der Waals surface area contributed by atoms with E-state index in [1.54, 1.807) is 19.1 Å². The molecule has 1 N–H and O–H groups in total. The predicted octanol–water partition coefficient (Wildman–Crippen LogP) is 3.84. The van der Waals surface area contributed by atoms with Crippen LogP contribution in [0.5, 0.6) is 0 Å². The first-order chi connectivity index (χ1) is 13.9. The highest BCUT2D eigenvalue weighted by atomic mass is 32.1.